The fraction of sp³-hybridized carbons (Fsp3) is 0.240. The Morgan fingerprint density at radius 2 is 1.58 bits per heavy atom. The number of nitrogens with one attached hydrogen (secondary N) is 1. The van der Waals surface area contributed by atoms with Gasteiger partial charge in [-0.1, -0.05) is 48.9 Å². The van der Waals surface area contributed by atoms with E-state index < -0.39 is 16.0 Å². The van der Waals surface area contributed by atoms with E-state index in [1.54, 1.807) is 12.1 Å². The molecule has 0 bridgehead atoms. The van der Waals surface area contributed by atoms with Crippen LogP contribution in [0.1, 0.15) is 41.5 Å². The van der Waals surface area contributed by atoms with Gasteiger partial charge in [-0.2, -0.15) is 0 Å². The molecule has 5 nitrogen and oxygen atoms in total. The molecule has 0 fully saturated rings. The Balaban J connectivity index is 1.78. The highest BCUT2D eigenvalue weighted by atomic mass is 35.5. The van der Waals surface area contributed by atoms with Gasteiger partial charge in [0.25, 0.3) is 0 Å². The standard InChI is InChI=1S/C25H25ClFNO4S/c1-17(20-3-7-23(27)8-4-20)21-15-18(2-11-25(29)30)14-19(16-21)12-13-28-33(31,32)24-9-5-22(26)6-10-24/h3-10,14-17,28H,2,11-13H2,1H3,(H,29,30). The molecular formula is C25H25ClFNO4S. The van der Waals surface area contributed by atoms with Crippen LogP contribution in [0.2, 0.25) is 5.02 Å². The zero-order valence-corrected chi connectivity index (χ0v) is 19.7. The van der Waals surface area contributed by atoms with Crippen molar-refractivity contribution in [1.29, 1.82) is 0 Å². The van der Waals surface area contributed by atoms with Gasteiger partial charge >= 0.3 is 5.97 Å². The zero-order chi connectivity index (χ0) is 24.0. The van der Waals surface area contributed by atoms with Crippen LogP contribution in [0.3, 0.4) is 0 Å². The van der Waals surface area contributed by atoms with Crippen LogP contribution in [0.5, 0.6) is 0 Å². The molecule has 0 aliphatic heterocycles. The maximum Gasteiger partial charge on any atom is 0.303 e. The number of carboxylic acids is 1. The molecule has 0 saturated carbocycles. The van der Waals surface area contributed by atoms with E-state index in [4.69, 9.17) is 16.7 Å². The molecule has 0 radical (unpaired) electrons. The van der Waals surface area contributed by atoms with Gasteiger partial charge in [-0.15, -0.1) is 0 Å². The molecule has 1 atom stereocenters. The van der Waals surface area contributed by atoms with E-state index in [-0.39, 0.29) is 29.6 Å². The summed E-state index contributed by atoms with van der Waals surface area (Å²) >= 11 is 5.83. The van der Waals surface area contributed by atoms with Gasteiger partial charge in [-0.3, -0.25) is 4.79 Å². The van der Waals surface area contributed by atoms with Gasteiger partial charge in [0.05, 0.1) is 4.90 Å². The van der Waals surface area contributed by atoms with Gasteiger partial charge in [0.1, 0.15) is 5.82 Å². The van der Waals surface area contributed by atoms with Crippen LogP contribution in [0.25, 0.3) is 0 Å². The first kappa shape index (κ1) is 24.9. The lowest BCUT2D eigenvalue weighted by molar-refractivity contribution is -0.136. The second kappa shape index (κ2) is 10.9. The van der Waals surface area contributed by atoms with Crippen molar-refractivity contribution in [3.05, 3.63) is 99.8 Å². The highest BCUT2D eigenvalue weighted by molar-refractivity contribution is 7.89. The molecule has 33 heavy (non-hydrogen) atoms. The summed E-state index contributed by atoms with van der Waals surface area (Å²) in [4.78, 5) is 11.2. The molecule has 0 aromatic heterocycles. The lowest BCUT2D eigenvalue weighted by atomic mass is 9.89. The van der Waals surface area contributed by atoms with Crippen molar-refractivity contribution in [2.75, 3.05) is 6.54 Å². The lowest BCUT2D eigenvalue weighted by Gasteiger charge is -2.16. The summed E-state index contributed by atoms with van der Waals surface area (Å²) in [7, 11) is -3.67. The van der Waals surface area contributed by atoms with Gasteiger partial charge in [-0.05, 0) is 71.5 Å². The molecule has 3 rings (SSSR count). The normalized spacial score (nSPS) is 12.5. The van der Waals surface area contributed by atoms with Crippen LogP contribution in [0, 0.1) is 5.82 Å². The van der Waals surface area contributed by atoms with E-state index in [1.807, 2.05) is 25.1 Å². The van der Waals surface area contributed by atoms with Crippen LogP contribution in [-0.4, -0.2) is 26.0 Å². The molecule has 0 spiro atoms. The minimum atomic E-state index is -3.67. The molecule has 0 aliphatic carbocycles. The SMILES string of the molecule is CC(c1ccc(F)cc1)c1cc(CCNS(=O)(=O)c2ccc(Cl)cc2)cc(CCC(=O)O)c1. The predicted molar refractivity (Wildman–Crippen MR) is 127 cm³/mol. The number of sulfonamides is 1. The average Bonchev–Trinajstić information content (AvgIpc) is 2.78. The molecule has 3 aromatic carbocycles. The topological polar surface area (TPSA) is 83.5 Å². The molecule has 0 saturated heterocycles. The van der Waals surface area contributed by atoms with E-state index in [0.29, 0.717) is 17.9 Å². The Bertz CT molecular complexity index is 1210. The minimum Gasteiger partial charge on any atom is -0.481 e. The van der Waals surface area contributed by atoms with E-state index in [2.05, 4.69) is 4.72 Å². The van der Waals surface area contributed by atoms with E-state index >= 15 is 0 Å². The Morgan fingerprint density at radius 3 is 2.18 bits per heavy atom. The molecule has 0 aliphatic rings. The number of rotatable bonds is 10. The second-order valence-corrected chi connectivity index (χ2v) is 10.1. The first-order chi connectivity index (χ1) is 15.6. The maximum atomic E-state index is 13.3. The summed E-state index contributed by atoms with van der Waals surface area (Å²) in [6, 6.07) is 18.0. The van der Waals surface area contributed by atoms with Crippen molar-refractivity contribution < 1.29 is 22.7 Å². The van der Waals surface area contributed by atoms with Crippen LogP contribution in [0.15, 0.2) is 71.6 Å². The van der Waals surface area contributed by atoms with Gasteiger partial charge in [0.15, 0.2) is 0 Å². The van der Waals surface area contributed by atoms with Gasteiger partial charge in [0, 0.05) is 23.9 Å². The molecule has 0 amide bonds. The van der Waals surface area contributed by atoms with Gasteiger partial charge in [-0.25, -0.2) is 17.5 Å². The Hall–Kier alpha value is -2.74. The number of carbonyl (C=O) groups is 1. The monoisotopic (exact) mass is 489 g/mol. The first-order valence-electron chi connectivity index (χ1n) is 10.5. The van der Waals surface area contributed by atoms with Crippen molar-refractivity contribution in [1.82, 2.24) is 4.72 Å². The molecule has 8 heteroatoms. The van der Waals surface area contributed by atoms with Crippen molar-refractivity contribution >= 4 is 27.6 Å². The van der Waals surface area contributed by atoms with E-state index in [1.165, 1.54) is 36.4 Å². The lowest BCUT2D eigenvalue weighted by Crippen LogP contribution is -2.26. The number of hydrogen-bond acceptors (Lipinski definition) is 3. The van der Waals surface area contributed by atoms with E-state index in [0.717, 1.165) is 22.3 Å². The van der Waals surface area contributed by atoms with Crippen LogP contribution >= 0.6 is 11.6 Å². The number of benzene rings is 3. The highest BCUT2D eigenvalue weighted by Crippen LogP contribution is 2.27. The van der Waals surface area contributed by atoms with Crippen LogP contribution in [0.4, 0.5) is 4.39 Å². The summed E-state index contributed by atoms with van der Waals surface area (Å²) in [5, 5.41) is 9.52. The van der Waals surface area contributed by atoms with Gasteiger partial charge < -0.3 is 5.11 Å². The predicted octanol–water partition coefficient (Wildman–Crippen LogP) is 5.17. The van der Waals surface area contributed by atoms with Crippen molar-refractivity contribution in [2.24, 2.45) is 0 Å². The van der Waals surface area contributed by atoms with Gasteiger partial charge in [0.2, 0.25) is 10.0 Å². The molecule has 0 heterocycles. The second-order valence-electron chi connectivity index (χ2n) is 7.85. The molecule has 1 unspecified atom stereocenters. The molecule has 2 N–H and O–H groups in total. The number of aliphatic carboxylic acids is 1. The smallest absolute Gasteiger partial charge is 0.303 e. The fourth-order valence-electron chi connectivity index (χ4n) is 3.55. The summed E-state index contributed by atoms with van der Waals surface area (Å²) in [5.41, 5.74) is 3.64. The summed E-state index contributed by atoms with van der Waals surface area (Å²) in [5.74, 6) is -1.24. The third-order valence-electron chi connectivity index (χ3n) is 5.40. The number of hydrogen-bond donors (Lipinski definition) is 2. The minimum absolute atomic E-state index is 0.00296. The maximum absolute atomic E-state index is 13.3. The summed E-state index contributed by atoms with van der Waals surface area (Å²) in [6.07, 6.45) is 0.788. The number of aryl methyl sites for hydroxylation is 1. The quantitative estimate of drug-likeness (QED) is 0.411. The van der Waals surface area contributed by atoms with Crippen molar-refractivity contribution in [3.8, 4) is 0 Å². The van der Waals surface area contributed by atoms with Crippen molar-refractivity contribution in [2.45, 2.75) is 37.0 Å². The molecule has 3 aromatic rings. The third kappa shape index (κ3) is 7.12. The Labute approximate surface area is 198 Å². The third-order valence-corrected chi connectivity index (χ3v) is 7.13. The average molecular weight is 490 g/mol. The fourth-order valence-corrected chi connectivity index (χ4v) is 4.71. The summed E-state index contributed by atoms with van der Waals surface area (Å²) < 4.78 is 40.9. The molecular weight excluding hydrogens is 465 g/mol. The summed E-state index contributed by atoms with van der Waals surface area (Å²) in [6.45, 7) is 2.17. The molecule has 174 valence electrons. The number of carboxylic acid groups (broad SMARTS) is 1. The first-order valence-corrected chi connectivity index (χ1v) is 12.4. The van der Waals surface area contributed by atoms with Crippen LogP contribution < -0.4 is 4.72 Å². The Kier molecular flexibility index (Phi) is 8.24. The van der Waals surface area contributed by atoms with Crippen LogP contribution in [-0.2, 0) is 27.7 Å². The highest BCUT2D eigenvalue weighted by Gasteiger charge is 2.15. The van der Waals surface area contributed by atoms with Crippen molar-refractivity contribution in [3.63, 3.8) is 0 Å². The number of halogens is 2. The van der Waals surface area contributed by atoms with E-state index in [9.17, 15) is 17.6 Å². The zero-order valence-electron chi connectivity index (χ0n) is 18.1. The largest absolute Gasteiger partial charge is 0.481 e. The Morgan fingerprint density at radius 1 is 0.970 bits per heavy atom.